The molecule has 82 valence electrons. The lowest BCUT2D eigenvalue weighted by Crippen LogP contribution is -1.93. The summed E-state index contributed by atoms with van der Waals surface area (Å²) in [5, 5.41) is 2.29. The largest absolute Gasteiger partial charge is 0.0715 e. The number of allylic oxidation sites excluding steroid dienone is 2. The Labute approximate surface area is 114 Å². The van der Waals surface area contributed by atoms with E-state index in [1.54, 1.807) is 0 Å². The Morgan fingerprint density at radius 2 is 1.94 bits per heavy atom. The zero-order valence-electron chi connectivity index (χ0n) is 8.16. The van der Waals surface area contributed by atoms with Crippen molar-refractivity contribution in [1.29, 1.82) is 0 Å². The number of hydrogen-bond acceptors (Lipinski definition) is 5. The van der Waals surface area contributed by atoms with E-state index < -0.39 is 0 Å². The lowest BCUT2D eigenvalue weighted by Gasteiger charge is -2.12. The van der Waals surface area contributed by atoms with Gasteiger partial charge in [-0.3, -0.25) is 0 Å². The number of hydrogen-bond donors (Lipinski definition) is 0. The predicted molar refractivity (Wildman–Crippen MR) is 84.3 cm³/mol. The minimum Gasteiger partial charge on any atom is -0.0715 e. The maximum Gasteiger partial charge on any atom is 0.0352 e. The lowest BCUT2D eigenvalue weighted by molar-refractivity contribution is 1.10. The normalized spacial score (nSPS) is 23.8. The minimum absolute atomic E-state index is 0.473. The van der Waals surface area contributed by atoms with Crippen LogP contribution >= 0.6 is 51.1 Å². The lowest BCUT2D eigenvalue weighted by atomic mass is 10.0. The van der Waals surface area contributed by atoms with E-state index >= 15 is 0 Å². The second kappa shape index (κ2) is 5.40. The van der Waals surface area contributed by atoms with Crippen molar-refractivity contribution >= 4 is 57.1 Å². The molecule has 0 saturated carbocycles. The van der Waals surface area contributed by atoms with Gasteiger partial charge in [-0.1, -0.05) is 47.2 Å². The summed E-state index contributed by atoms with van der Waals surface area (Å²) < 4.78 is 0. The number of fused-ring (bicyclic) bond motifs is 1. The van der Waals surface area contributed by atoms with E-state index in [0.29, 0.717) is 5.92 Å². The van der Waals surface area contributed by atoms with Crippen LogP contribution in [0.3, 0.4) is 0 Å². The van der Waals surface area contributed by atoms with E-state index in [1.807, 2.05) is 51.1 Å². The number of benzene rings is 1. The van der Waals surface area contributed by atoms with Gasteiger partial charge < -0.3 is 0 Å². The van der Waals surface area contributed by atoms with E-state index in [0.717, 1.165) is 0 Å². The SMILES string of the molecule is C1=CC(C2=CSSSSS2)c2ccccc21. The molecule has 0 radical (unpaired) electrons. The molecule has 0 saturated heterocycles. The fourth-order valence-electron chi connectivity index (χ4n) is 1.79. The molecule has 0 spiro atoms. The molecular formula is C11H8S5. The summed E-state index contributed by atoms with van der Waals surface area (Å²) >= 11 is 0. The summed E-state index contributed by atoms with van der Waals surface area (Å²) in [6, 6.07) is 8.67. The van der Waals surface area contributed by atoms with Gasteiger partial charge in [0.1, 0.15) is 0 Å². The van der Waals surface area contributed by atoms with E-state index in [2.05, 4.69) is 41.8 Å². The standard InChI is InChI=1S/C11H8S5/c1-2-4-9-8(3-1)5-6-10(9)11-7-12-14-16-15-13-11/h1-7,10H. The first-order valence-electron chi connectivity index (χ1n) is 4.76. The van der Waals surface area contributed by atoms with E-state index in [1.165, 1.54) is 16.0 Å². The highest BCUT2D eigenvalue weighted by Crippen LogP contribution is 2.58. The topological polar surface area (TPSA) is 0 Å². The third-order valence-corrected chi connectivity index (χ3v) is 10.8. The molecule has 1 aliphatic carbocycles. The van der Waals surface area contributed by atoms with Crippen molar-refractivity contribution in [2.75, 3.05) is 0 Å². The van der Waals surface area contributed by atoms with Gasteiger partial charge in [0, 0.05) is 10.8 Å². The molecule has 0 nitrogen and oxygen atoms in total. The van der Waals surface area contributed by atoms with Crippen LogP contribution in [0.25, 0.3) is 6.08 Å². The van der Waals surface area contributed by atoms with E-state index in [-0.39, 0.29) is 0 Å². The average Bonchev–Trinajstić information content (AvgIpc) is 2.57. The summed E-state index contributed by atoms with van der Waals surface area (Å²) in [6.45, 7) is 0. The van der Waals surface area contributed by atoms with Gasteiger partial charge in [-0.15, -0.1) is 0 Å². The Bertz CT molecular complexity index is 451. The van der Waals surface area contributed by atoms with Crippen LogP contribution in [0.2, 0.25) is 0 Å². The Kier molecular flexibility index (Phi) is 3.89. The van der Waals surface area contributed by atoms with Crippen molar-refractivity contribution in [1.82, 2.24) is 0 Å². The van der Waals surface area contributed by atoms with Gasteiger partial charge in [0.2, 0.25) is 0 Å². The number of rotatable bonds is 1. The van der Waals surface area contributed by atoms with Crippen molar-refractivity contribution < 1.29 is 0 Å². The fraction of sp³-hybridized carbons (Fsp3) is 0.0909. The second-order valence-electron chi connectivity index (χ2n) is 3.37. The van der Waals surface area contributed by atoms with Gasteiger partial charge in [-0.2, -0.15) is 0 Å². The minimum atomic E-state index is 0.473. The summed E-state index contributed by atoms with van der Waals surface area (Å²) in [7, 11) is 9.26. The van der Waals surface area contributed by atoms with Crippen LogP contribution in [0, 0.1) is 0 Å². The highest BCUT2D eigenvalue weighted by molar-refractivity contribution is 9.36. The molecular weight excluding hydrogens is 292 g/mol. The van der Waals surface area contributed by atoms with Crippen LogP contribution in [0.5, 0.6) is 0 Å². The molecule has 1 aromatic rings. The summed E-state index contributed by atoms with van der Waals surface area (Å²) in [5.41, 5.74) is 2.81. The third-order valence-electron chi connectivity index (χ3n) is 2.50. The van der Waals surface area contributed by atoms with Gasteiger partial charge in [0.15, 0.2) is 0 Å². The molecule has 0 bridgehead atoms. The second-order valence-corrected chi connectivity index (χ2v) is 10.8. The van der Waals surface area contributed by atoms with Crippen LogP contribution in [0.4, 0.5) is 0 Å². The molecule has 0 aromatic heterocycles. The van der Waals surface area contributed by atoms with Gasteiger partial charge in [-0.25, -0.2) is 0 Å². The predicted octanol–water partition coefficient (Wildman–Crippen LogP) is 5.98. The highest BCUT2D eigenvalue weighted by Gasteiger charge is 2.22. The zero-order chi connectivity index (χ0) is 10.8. The van der Waals surface area contributed by atoms with Gasteiger partial charge in [0.25, 0.3) is 0 Å². The van der Waals surface area contributed by atoms with Crippen LogP contribution in [-0.4, -0.2) is 0 Å². The van der Waals surface area contributed by atoms with E-state index in [4.69, 9.17) is 0 Å². The molecule has 2 aliphatic rings. The fourth-order valence-corrected chi connectivity index (χ4v) is 10.5. The van der Waals surface area contributed by atoms with Crippen LogP contribution in [-0.2, 0) is 0 Å². The average molecular weight is 301 g/mol. The molecule has 1 aliphatic heterocycles. The van der Waals surface area contributed by atoms with Crippen molar-refractivity contribution in [2.45, 2.75) is 5.92 Å². The maximum atomic E-state index is 2.31. The first-order chi connectivity index (χ1) is 7.95. The Balaban J connectivity index is 1.92. The third kappa shape index (κ3) is 2.34. The molecule has 1 unspecified atom stereocenters. The zero-order valence-corrected chi connectivity index (χ0v) is 12.2. The Hall–Kier alpha value is 0.450. The molecule has 3 rings (SSSR count). The quantitative estimate of drug-likeness (QED) is 0.583. The molecule has 1 aromatic carbocycles. The van der Waals surface area contributed by atoms with Crippen molar-refractivity contribution in [3.63, 3.8) is 0 Å². The van der Waals surface area contributed by atoms with Crippen molar-refractivity contribution in [3.05, 3.63) is 51.8 Å². The van der Waals surface area contributed by atoms with E-state index in [9.17, 15) is 0 Å². The molecule has 0 fully saturated rings. The monoisotopic (exact) mass is 300 g/mol. The molecule has 0 amide bonds. The molecule has 0 N–H and O–H groups in total. The summed E-state index contributed by atoms with van der Waals surface area (Å²) in [4.78, 5) is 1.45. The smallest absolute Gasteiger partial charge is 0.0352 e. The van der Waals surface area contributed by atoms with Crippen molar-refractivity contribution in [3.8, 4) is 0 Å². The highest BCUT2D eigenvalue weighted by atomic mass is 33.8. The maximum absolute atomic E-state index is 2.31. The molecule has 16 heavy (non-hydrogen) atoms. The van der Waals surface area contributed by atoms with Gasteiger partial charge in [-0.05, 0) is 56.8 Å². The summed E-state index contributed by atoms with van der Waals surface area (Å²) in [6.07, 6.45) is 4.55. The molecule has 1 atom stereocenters. The Morgan fingerprint density at radius 3 is 2.94 bits per heavy atom. The molecule has 5 heteroatoms. The first-order valence-corrected chi connectivity index (χ1v) is 11.0. The van der Waals surface area contributed by atoms with Gasteiger partial charge in [0.05, 0.1) is 0 Å². The van der Waals surface area contributed by atoms with Crippen LogP contribution < -0.4 is 0 Å². The Morgan fingerprint density at radius 1 is 1.00 bits per heavy atom. The van der Waals surface area contributed by atoms with Crippen molar-refractivity contribution in [2.24, 2.45) is 0 Å². The van der Waals surface area contributed by atoms with Gasteiger partial charge >= 0.3 is 0 Å². The first kappa shape index (κ1) is 11.5. The van der Waals surface area contributed by atoms with Crippen LogP contribution in [0.15, 0.2) is 40.7 Å². The summed E-state index contributed by atoms with van der Waals surface area (Å²) in [5.74, 6) is 0.473. The molecule has 1 heterocycles. The van der Waals surface area contributed by atoms with Crippen LogP contribution in [0.1, 0.15) is 17.0 Å².